The molecule has 1 amide bonds. The predicted molar refractivity (Wildman–Crippen MR) is 97.2 cm³/mol. The van der Waals surface area contributed by atoms with E-state index in [1.165, 1.54) is 19.2 Å². The minimum atomic E-state index is -4.83. The summed E-state index contributed by atoms with van der Waals surface area (Å²) in [7, 11) is 0. The van der Waals surface area contributed by atoms with Gasteiger partial charge in [-0.05, 0) is 49.1 Å². The van der Waals surface area contributed by atoms with Crippen molar-refractivity contribution in [2.24, 2.45) is 0 Å². The van der Waals surface area contributed by atoms with E-state index in [0.717, 1.165) is 17.8 Å². The van der Waals surface area contributed by atoms with Crippen molar-refractivity contribution in [3.8, 4) is 11.3 Å². The van der Waals surface area contributed by atoms with Crippen LogP contribution in [0.15, 0.2) is 35.0 Å². The molecule has 1 aliphatic rings. The van der Waals surface area contributed by atoms with Crippen LogP contribution in [0.3, 0.4) is 0 Å². The quantitative estimate of drug-likeness (QED) is 0.568. The number of amides is 1. The van der Waals surface area contributed by atoms with Gasteiger partial charge >= 0.3 is 18.2 Å². The standard InChI is InChI=1S/C20H14F6N4O2/c1-9-16(32-18(29-9)20(24,25)26)17(31)30-13-3-2-11-8-28-14(7-12(11)13)10-4-5-27-15(6-10)19(21,22)23/h4-8,13H,2-3H2,1H3,(H,30,31). The number of hydrogen-bond donors (Lipinski definition) is 1. The lowest BCUT2D eigenvalue weighted by molar-refractivity contribution is -0.157. The Morgan fingerprint density at radius 2 is 1.88 bits per heavy atom. The normalized spacial score (nSPS) is 16.2. The SMILES string of the molecule is Cc1nc(C(F)(F)F)oc1C(=O)NC1CCc2cnc(-c3ccnc(C(F)(F)F)c3)cc21. The van der Waals surface area contributed by atoms with Crippen LogP contribution in [0.2, 0.25) is 0 Å². The summed E-state index contributed by atoms with van der Waals surface area (Å²) >= 11 is 0. The van der Waals surface area contributed by atoms with E-state index in [1.54, 1.807) is 6.07 Å². The second-order valence-electron chi connectivity index (χ2n) is 7.19. The topological polar surface area (TPSA) is 80.9 Å². The molecule has 1 atom stereocenters. The number of alkyl halides is 6. The Kier molecular flexibility index (Phi) is 5.18. The largest absolute Gasteiger partial charge is 0.468 e. The number of fused-ring (bicyclic) bond motifs is 1. The number of hydrogen-bond acceptors (Lipinski definition) is 5. The van der Waals surface area contributed by atoms with Crippen LogP contribution in [0.1, 0.15) is 51.4 Å². The van der Waals surface area contributed by atoms with Crippen LogP contribution < -0.4 is 5.32 Å². The Labute approximate surface area is 176 Å². The number of aryl methyl sites for hydroxylation is 2. The summed E-state index contributed by atoms with van der Waals surface area (Å²) in [5, 5.41) is 2.61. The van der Waals surface area contributed by atoms with E-state index in [4.69, 9.17) is 0 Å². The third-order valence-corrected chi connectivity index (χ3v) is 5.00. The van der Waals surface area contributed by atoms with Crippen LogP contribution in [-0.4, -0.2) is 20.9 Å². The molecule has 0 fully saturated rings. The van der Waals surface area contributed by atoms with E-state index in [9.17, 15) is 31.1 Å². The van der Waals surface area contributed by atoms with Crippen LogP contribution in [0, 0.1) is 6.92 Å². The summed E-state index contributed by atoms with van der Waals surface area (Å²) in [5.74, 6) is -2.94. The van der Waals surface area contributed by atoms with Gasteiger partial charge < -0.3 is 9.73 Å². The van der Waals surface area contributed by atoms with Gasteiger partial charge in [0.15, 0.2) is 0 Å². The maximum absolute atomic E-state index is 13.0. The molecular formula is C20H14F6N4O2. The average Bonchev–Trinajstić information content (AvgIpc) is 3.30. The number of nitrogens with one attached hydrogen (secondary N) is 1. The van der Waals surface area contributed by atoms with Gasteiger partial charge in [0.2, 0.25) is 5.76 Å². The summed E-state index contributed by atoms with van der Waals surface area (Å²) in [4.78, 5) is 23.3. The minimum Gasteiger partial charge on any atom is -0.427 e. The summed E-state index contributed by atoms with van der Waals surface area (Å²) < 4.78 is 81.8. The Bertz CT molecular complexity index is 1190. The van der Waals surface area contributed by atoms with Crippen LogP contribution in [0.4, 0.5) is 26.3 Å². The van der Waals surface area contributed by atoms with Gasteiger partial charge in [-0.25, -0.2) is 4.98 Å². The second-order valence-corrected chi connectivity index (χ2v) is 7.19. The highest BCUT2D eigenvalue weighted by atomic mass is 19.4. The van der Waals surface area contributed by atoms with Gasteiger partial charge in [0, 0.05) is 18.0 Å². The molecule has 0 spiro atoms. The molecule has 3 heterocycles. The lowest BCUT2D eigenvalue weighted by Crippen LogP contribution is -2.27. The van der Waals surface area contributed by atoms with Crippen molar-refractivity contribution in [1.82, 2.24) is 20.3 Å². The van der Waals surface area contributed by atoms with Gasteiger partial charge in [0.05, 0.1) is 17.4 Å². The van der Waals surface area contributed by atoms with Crippen LogP contribution in [0.5, 0.6) is 0 Å². The van der Waals surface area contributed by atoms with Crippen molar-refractivity contribution in [2.75, 3.05) is 0 Å². The average molecular weight is 456 g/mol. The zero-order valence-corrected chi connectivity index (χ0v) is 16.3. The predicted octanol–water partition coefficient (Wildman–Crippen LogP) is 4.89. The molecule has 0 radical (unpaired) electrons. The number of carbonyl (C=O) groups excluding carboxylic acids is 1. The highest BCUT2D eigenvalue weighted by Gasteiger charge is 2.39. The van der Waals surface area contributed by atoms with Gasteiger partial charge in [-0.2, -0.15) is 26.3 Å². The smallest absolute Gasteiger partial charge is 0.427 e. The third-order valence-electron chi connectivity index (χ3n) is 5.00. The minimum absolute atomic E-state index is 0.188. The maximum Gasteiger partial charge on any atom is 0.468 e. The van der Waals surface area contributed by atoms with Gasteiger partial charge in [0.25, 0.3) is 5.91 Å². The van der Waals surface area contributed by atoms with E-state index >= 15 is 0 Å². The first kappa shape index (κ1) is 21.8. The van der Waals surface area contributed by atoms with Crippen molar-refractivity contribution in [2.45, 2.75) is 38.2 Å². The number of carbonyl (C=O) groups is 1. The van der Waals surface area contributed by atoms with Crippen molar-refractivity contribution in [3.05, 3.63) is 64.8 Å². The maximum atomic E-state index is 13.0. The molecule has 0 saturated heterocycles. The molecule has 12 heteroatoms. The van der Waals surface area contributed by atoms with Crippen LogP contribution in [0.25, 0.3) is 11.3 Å². The molecule has 168 valence electrons. The molecule has 3 aromatic heterocycles. The monoisotopic (exact) mass is 456 g/mol. The molecular weight excluding hydrogens is 442 g/mol. The lowest BCUT2D eigenvalue weighted by atomic mass is 10.0. The molecule has 0 bridgehead atoms. The Hall–Kier alpha value is -3.44. The first-order chi connectivity index (χ1) is 14.9. The van der Waals surface area contributed by atoms with Gasteiger partial charge in [-0.15, -0.1) is 0 Å². The van der Waals surface area contributed by atoms with Crippen molar-refractivity contribution < 1.29 is 35.6 Å². The van der Waals surface area contributed by atoms with Crippen LogP contribution in [-0.2, 0) is 18.8 Å². The number of nitrogens with zero attached hydrogens (tertiary/aromatic N) is 3. The first-order valence-electron chi connectivity index (χ1n) is 9.31. The zero-order chi connectivity index (χ0) is 23.3. The van der Waals surface area contributed by atoms with Crippen molar-refractivity contribution in [1.29, 1.82) is 0 Å². The van der Waals surface area contributed by atoms with Crippen molar-refractivity contribution >= 4 is 5.91 Å². The zero-order valence-electron chi connectivity index (χ0n) is 16.3. The third kappa shape index (κ3) is 4.16. The fraction of sp³-hybridized carbons (Fsp3) is 0.300. The number of halogens is 6. The highest BCUT2D eigenvalue weighted by molar-refractivity contribution is 5.92. The molecule has 1 unspecified atom stereocenters. The number of oxazole rings is 1. The summed E-state index contributed by atoms with van der Waals surface area (Å²) in [5.41, 5.74) is 0.542. The lowest BCUT2D eigenvalue weighted by Gasteiger charge is -2.14. The summed E-state index contributed by atoms with van der Waals surface area (Å²) in [6, 6.07) is 3.22. The molecule has 6 nitrogen and oxygen atoms in total. The van der Waals surface area contributed by atoms with Gasteiger partial charge in [-0.3, -0.25) is 14.8 Å². The summed E-state index contributed by atoms with van der Waals surface area (Å²) in [6.45, 7) is 1.22. The molecule has 1 aliphatic carbocycles. The van der Waals surface area contributed by atoms with Gasteiger partial charge in [0.1, 0.15) is 5.69 Å². The van der Waals surface area contributed by atoms with E-state index in [0.29, 0.717) is 18.4 Å². The van der Waals surface area contributed by atoms with E-state index in [2.05, 4.69) is 24.7 Å². The van der Waals surface area contributed by atoms with Gasteiger partial charge in [-0.1, -0.05) is 0 Å². The molecule has 0 aliphatic heterocycles. The molecule has 4 rings (SSSR count). The number of rotatable bonds is 3. The molecule has 0 aromatic carbocycles. The van der Waals surface area contributed by atoms with E-state index < -0.39 is 41.6 Å². The Morgan fingerprint density at radius 3 is 2.53 bits per heavy atom. The van der Waals surface area contributed by atoms with Crippen molar-refractivity contribution in [3.63, 3.8) is 0 Å². The summed E-state index contributed by atoms with van der Waals surface area (Å²) in [6.07, 6.45) is -5.95. The fourth-order valence-electron chi connectivity index (χ4n) is 3.49. The highest BCUT2D eigenvalue weighted by Crippen LogP contribution is 2.35. The molecule has 1 N–H and O–H groups in total. The second kappa shape index (κ2) is 7.61. The molecule has 32 heavy (non-hydrogen) atoms. The number of aromatic nitrogens is 3. The molecule has 0 saturated carbocycles. The molecule has 3 aromatic rings. The van der Waals surface area contributed by atoms with Crippen LogP contribution >= 0.6 is 0 Å². The Balaban J connectivity index is 1.60. The van der Waals surface area contributed by atoms with E-state index in [1.807, 2.05) is 0 Å². The fourth-order valence-corrected chi connectivity index (χ4v) is 3.49. The van der Waals surface area contributed by atoms with E-state index in [-0.39, 0.29) is 17.0 Å². The number of pyridine rings is 2. The first-order valence-corrected chi connectivity index (χ1v) is 9.31. The Morgan fingerprint density at radius 1 is 1.12 bits per heavy atom.